The van der Waals surface area contributed by atoms with E-state index in [4.69, 9.17) is 4.74 Å². The molecule has 1 amide bonds. The molecule has 2 unspecified atom stereocenters. The number of carbonyl (C=O) groups excluding carboxylic acids is 1. The molecule has 1 aromatic rings. The maximum atomic E-state index is 11.7. The number of nitrogens with one attached hydrogen (secondary N) is 2. The van der Waals surface area contributed by atoms with Crippen LogP contribution in [-0.2, 0) is 9.53 Å². The minimum Gasteiger partial charge on any atom is -0.379 e. The molecule has 0 bridgehead atoms. The first kappa shape index (κ1) is 16.0. The third kappa shape index (κ3) is 4.31. The first-order valence-electron chi connectivity index (χ1n) is 8.46. The number of hydrogen-bond acceptors (Lipinski definition) is 6. The lowest BCUT2D eigenvalue weighted by Crippen LogP contribution is -2.32. The van der Waals surface area contributed by atoms with Crippen molar-refractivity contribution >= 4 is 17.7 Å². The monoisotopic (exact) mass is 319 g/mol. The zero-order valence-corrected chi connectivity index (χ0v) is 13.6. The van der Waals surface area contributed by atoms with Gasteiger partial charge in [0.25, 0.3) is 0 Å². The van der Waals surface area contributed by atoms with Crippen LogP contribution in [0.25, 0.3) is 0 Å². The molecule has 2 saturated heterocycles. The van der Waals surface area contributed by atoms with Crippen LogP contribution in [0.4, 0.5) is 11.8 Å². The molecular formula is C16H25N5O2. The van der Waals surface area contributed by atoms with Crippen molar-refractivity contribution in [3.05, 3.63) is 12.3 Å². The van der Waals surface area contributed by atoms with Gasteiger partial charge in [0.1, 0.15) is 5.82 Å². The van der Waals surface area contributed by atoms with E-state index in [1.54, 1.807) is 6.20 Å². The lowest BCUT2D eigenvalue weighted by Gasteiger charge is -2.23. The van der Waals surface area contributed by atoms with Crippen molar-refractivity contribution < 1.29 is 9.53 Å². The average Bonchev–Trinajstić information content (AvgIpc) is 3.04. The number of anilines is 2. The standard InChI is InChI=1S/C16H25N5O2/c1-2-15(22)21-8-6-12(10-21)19-16-17-7-5-14(20-16)18-13-4-3-9-23-11-13/h5,7,12-13H,2-4,6,8-11H2,1H3,(H2,17,18,19,20). The summed E-state index contributed by atoms with van der Waals surface area (Å²) >= 11 is 0. The van der Waals surface area contributed by atoms with Gasteiger partial charge in [0.2, 0.25) is 11.9 Å². The lowest BCUT2D eigenvalue weighted by atomic mass is 10.1. The smallest absolute Gasteiger partial charge is 0.224 e. The van der Waals surface area contributed by atoms with Crippen LogP contribution >= 0.6 is 0 Å². The van der Waals surface area contributed by atoms with E-state index >= 15 is 0 Å². The third-order valence-electron chi connectivity index (χ3n) is 4.34. The highest BCUT2D eigenvalue weighted by molar-refractivity contribution is 5.76. The number of nitrogens with zero attached hydrogens (tertiary/aromatic N) is 3. The number of carbonyl (C=O) groups is 1. The molecule has 23 heavy (non-hydrogen) atoms. The van der Waals surface area contributed by atoms with E-state index in [0.717, 1.165) is 51.4 Å². The number of likely N-dealkylation sites (tertiary alicyclic amines) is 1. The molecular weight excluding hydrogens is 294 g/mol. The summed E-state index contributed by atoms with van der Waals surface area (Å²) in [6.45, 7) is 5.01. The van der Waals surface area contributed by atoms with Gasteiger partial charge in [0.05, 0.1) is 12.6 Å². The van der Waals surface area contributed by atoms with Crippen LogP contribution in [-0.4, -0.2) is 59.2 Å². The number of amides is 1. The van der Waals surface area contributed by atoms with E-state index in [-0.39, 0.29) is 11.9 Å². The summed E-state index contributed by atoms with van der Waals surface area (Å²) in [7, 11) is 0. The summed E-state index contributed by atoms with van der Waals surface area (Å²) in [6.07, 6.45) is 5.43. The first-order valence-corrected chi connectivity index (χ1v) is 8.46. The van der Waals surface area contributed by atoms with Crippen LogP contribution in [0.15, 0.2) is 12.3 Å². The Labute approximate surface area is 136 Å². The van der Waals surface area contributed by atoms with E-state index in [9.17, 15) is 4.79 Å². The van der Waals surface area contributed by atoms with Gasteiger partial charge in [0, 0.05) is 38.4 Å². The van der Waals surface area contributed by atoms with E-state index in [1.807, 2.05) is 17.9 Å². The normalized spacial score (nSPS) is 24.5. The summed E-state index contributed by atoms with van der Waals surface area (Å²) in [5.74, 6) is 1.64. The fraction of sp³-hybridized carbons (Fsp3) is 0.688. The Morgan fingerprint density at radius 3 is 3.09 bits per heavy atom. The molecule has 7 heteroatoms. The van der Waals surface area contributed by atoms with Gasteiger partial charge in [-0.05, 0) is 25.3 Å². The molecule has 2 N–H and O–H groups in total. The lowest BCUT2D eigenvalue weighted by molar-refractivity contribution is -0.129. The minimum atomic E-state index is 0.211. The van der Waals surface area contributed by atoms with Gasteiger partial charge >= 0.3 is 0 Å². The number of hydrogen-bond donors (Lipinski definition) is 2. The maximum Gasteiger partial charge on any atom is 0.224 e. The van der Waals surface area contributed by atoms with Crippen LogP contribution in [0.1, 0.15) is 32.6 Å². The third-order valence-corrected chi connectivity index (χ3v) is 4.34. The highest BCUT2D eigenvalue weighted by Gasteiger charge is 2.25. The molecule has 0 aromatic carbocycles. The second-order valence-electron chi connectivity index (χ2n) is 6.15. The van der Waals surface area contributed by atoms with Crippen molar-refractivity contribution in [2.24, 2.45) is 0 Å². The van der Waals surface area contributed by atoms with Gasteiger partial charge in [-0.2, -0.15) is 4.98 Å². The Morgan fingerprint density at radius 1 is 1.39 bits per heavy atom. The molecule has 2 aliphatic rings. The van der Waals surface area contributed by atoms with Crippen LogP contribution in [0.3, 0.4) is 0 Å². The van der Waals surface area contributed by atoms with Crippen LogP contribution in [0.2, 0.25) is 0 Å². The van der Waals surface area contributed by atoms with Crippen molar-refractivity contribution in [1.82, 2.24) is 14.9 Å². The van der Waals surface area contributed by atoms with Crippen molar-refractivity contribution in [3.63, 3.8) is 0 Å². The Morgan fingerprint density at radius 2 is 2.30 bits per heavy atom. The predicted octanol–water partition coefficient (Wildman–Crippen LogP) is 1.49. The van der Waals surface area contributed by atoms with Gasteiger partial charge in [-0.25, -0.2) is 4.98 Å². The highest BCUT2D eigenvalue weighted by atomic mass is 16.5. The molecule has 0 aliphatic carbocycles. The average molecular weight is 319 g/mol. The Bertz CT molecular complexity index is 533. The Kier molecular flexibility index (Phi) is 5.27. The first-order chi connectivity index (χ1) is 11.2. The van der Waals surface area contributed by atoms with Gasteiger partial charge in [-0.15, -0.1) is 0 Å². The number of ether oxygens (including phenoxy) is 1. The fourth-order valence-electron chi connectivity index (χ4n) is 3.08. The molecule has 2 fully saturated rings. The summed E-state index contributed by atoms with van der Waals surface area (Å²) < 4.78 is 5.48. The molecule has 3 heterocycles. The maximum absolute atomic E-state index is 11.7. The van der Waals surface area contributed by atoms with Gasteiger partial charge in [-0.3, -0.25) is 4.79 Å². The topological polar surface area (TPSA) is 79.4 Å². The summed E-state index contributed by atoms with van der Waals surface area (Å²) in [5, 5.41) is 6.74. The molecule has 0 saturated carbocycles. The van der Waals surface area contributed by atoms with Crippen molar-refractivity contribution in [2.45, 2.75) is 44.7 Å². The summed E-state index contributed by atoms with van der Waals surface area (Å²) in [6, 6.07) is 2.41. The molecule has 7 nitrogen and oxygen atoms in total. The van der Waals surface area contributed by atoms with Gasteiger partial charge in [0.15, 0.2) is 0 Å². The van der Waals surface area contributed by atoms with E-state index in [0.29, 0.717) is 18.4 Å². The zero-order chi connectivity index (χ0) is 16.1. The largest absolute Gasteiger partial charge is 0.379 e. The number of rotatable bonds is 5. The van der Waals surface area contributed by atoms with Gasteiger partial charge in [-0.1, -0.05) is 6.92 Å². The van der Waals surface area contributed by atoms with Gasteiger partial charge < -0.3 is 20.3 Å². The quantitative estimate of drug-likeness (QED) is 0.856. The van der Waals surface area contributed by atoms with Crippen molar-refractivity contribution in [1.29, 1.82) is 0 Å². The Hall–Kier alpha value is -1.89. The summed E-state index contributed by atoms with van der Waals surface area (Å²) in [5.41, 5.74) is 0. The molecule has 3 rings (SSSR count). The second-order valence-corrected chi connectivity index (χ2v) is 6.15. The highest BCUT2D eigenvalue weighted by Crippen LogP contribution is 2.17. The molecule has 2 aliphatic heterocycles. The second kappa shape index (κ2) is 7.59. The predicted molar refractivity (Wildman–Crippen MR) is 88.4 cm³/mol. The molecule has 2 atom stereocenters. The molecule has 126 valence electrons. The van der Waals surface area contributed by atoms with Crippen molar-refractivity contribution in [2.75, 3.05) is 36.9 Å². The molecule has 1 aromatic heterocycles. The van der Waals surface area contributed by atoms with E-state index in [1.165, 1.54) is 0 Å². The Balaban J connectivity index is 1.54. The van der Waals surface area contributed by atoms with E-state index in [2.05, 4.69) is 20.6 Å². The zero-order valence-electron chi connectivity index (χ0n) is 13.6. The fourth-order valence-corrected chi connectivity index (χ4v) is 3.08. The number of aromatic nitrogens is 2. The van der Waals surface area contributed by atoms with Crippen LogP contribution in [0, 0.1) is 0 Å². The minimum absolute atomic E-state index is 0.211. The van der Waals surface area contributed by atoms with Crippen molar-refractivity contribution in [3.8, 4) is 0 Å². The van der Waals surface area contributed by atoms with Crippen LogP contribution < -0.4 is 10.6 Å². The SMILES string of the molecule is CCC(=O)N1CCC(Nc2nccc(NC3CCCOC3)n2)C1. The summed E-state index contributed by atoms with van der Waals surface area (Å²) in [4.78, 5) is 22.5. The van der Waals surface area contributed by atoms with Crippen LogP contribution in [0.5, 0.6) is 0 Å². The molecule has 0 spiro atoms. The molecule has 0 radical (unpaired) electrons. The van der Waals surface area contributed by atoms with E-state index < -0.39 is 0 Å².